The van der Waals surface area contributed by atoms with E-state index in [2.05, 4.69) is 45.5 Å². The van der Waals surface area contributed by atoms with E-state index in [1.165, 1.54) is 42.4 Å². The maximum absolute atomic E-state index is 3.67. The number of piperidine rings is 1. The third-order valence-corrected chi connectivity index (χ3v) is 4.70. The average Bonchev–Trinajstić information content (AvgIpc) is 2.94. The minimum absolute atomic E-state index is 0.599. The lowest BCUT2D eigenvalue weighted by Gasteiger charge is -2.24. The first kappa shape index (κ1) is 9.86. The van der Waals surface area contributed by atoms with Crippen LogP contribution in [0.1, 0.15) is 30.7 Å². The standard InChI is InChI=1S/C13H16BrN/c14-12-5-2-1-4-10(12)11-8-13(11)6-3-7-15-9-13/h1-2,4-5,11,15H,3,6-9H2. The second kappa shape index (κ2) is 3.60. The molecule has 15 heavy (non-hydrogen) atoms. The summed E-state index contributed by atoms with van der Waals surface area (Å²) in [4.78, 5) is 0. The van der Waals surface area contributed by atoms with Crippen molar-refractivity contribution in [1.29, 1.82) is 0 Å². The summed E-state index contributed by atoms with van der Waals surface area (Å²) < 4.78 is 1.29. The minimum atomic E-state index is 0.599. The van der Waals surface area contributed by atoms with Gasteiger partial charge in [0.1, 0.15) is 0 Å². The molecule has 1 aliphatic heterocycles. The number of rotatable bonds is 1. The Bertz CT molecular complexity index is 369. The van der Waals surface area contributed by atoms with Crippen molar-refractivity contribution >= 4 is 15.9 Å². The fourth-order valence-electron chi connectivity index (χ4n) is 3.01. The highest BCUT2D eigenvalue weighted by Crippen LogP contribution is 2.63. The Labute approximate surface area is 99.4 Å². The topological polar surface area (TPSA) is 12.0 Å². The van der Waals surface area contributed by atoms with Crippen molar-refractivity contribution in [2.45, 2.75) is 25.2 Å². The summed E-state index contributed by atoms with van der Waals surface area (Å²) in [5, 5.41) is 3.54. The van der Waals surface area contributed by atoms with Crippen molar-refractivity contribution in [1.82, 2.24) is 5.32 Å². The highest BCUT2D eigenvalue weighted by atomic mass is 79.9. The van der Waals surface area contributed by atoms with Crippen LogP contribution < -0.4 is 5.32 Å². The molecule has 2 heteroatoms. The lowest BCUT2D eigenvalue weighted by molar-refractivity contribution is 0.346. The number of halogens is 1. The molecule has 1 aromatic carbocycles. The van der Waals surface area contributed by atoms with Gasteiger partial charge in [-0.3, -0.25) is 0 Å². The van der Waals surface area contributed by atoms with Gasteiger partial charge < -0.3 is 5.32 Å². The maximum atomic E-state index is 3.67. The maximum Gasteiger partial charge on any atom is 0.0210 e. The lowest BCUT2D eigenvalue weighted by Crippen LogP contribution is -2.31. The lowest BCUT2D eigenvalue weighted by atomic mass is 9.91. The van der Waals surface area contributed by atoms with Crippen molar-refractivity contribution in [3.05, 3.63) is 34.3 Å². The van der Waals surface area contributed by atoms with Gasteiger partial charge in [-0.15, -0.1) is 0 Å². The van der Waals surface area contributed by atoms with Crippen LogP contribution in [0.2, 0.25) is 0 Å². The molecule has 2 aliphatic rings. The van der Waals surface area contributed by atoms with E-state index in [1.54, 1.807) is 0 Å². The molecule has 1 N–H and O–H groups in total. The van der Waals surface area contributed by atoms with Crippen LogP contribution in [-0.4, -0.2) is 13.1 Å². The number of hydrogen-bond donors (Lipinski definition) is 1. The van der Waals surface area contributed by atoms with Crippen LogP contribution >= 0.6 is 15.9 Å². The van der Waals surface area contributed by atoms with E-state index in [4.69, 9.17) is 0 Å². The molecule has 1 nitrogen and oxygen atoms in total. The van der Waals surface area contributed by atoms with E-state index < -0.39 is 0 Å². The van der Waals surface area contributed by atoms with E-state index in [0.29, 0.717) is 5.41 Å². The summed E-state index contributed by atoms with van der Waals surface area (Å²) in [5.41, 5.74) is 2.11. The fraction of sp³-hybridized carbons (Fsp3) is 0.538. The van der Waals surface area contributed by atoms with Gasteiger partial charge in [-0.05, 0) is 48.8 Å². The molecule has 1 saturated heterocycles. The van der Waals surface area contributed by atoms with Gasteiger partial charge in [0.15, 0.2) is 0 Å². The number of nitrogens with one attached hydrogen (secondary N) is 1. The molecular weight excluding hydrogens is 250 g/mol. The highest BCUT2D eigenvalue weighted by molar-refractivity contribution is 9.10. The van der Waals surface area contributed by atoms with Gasteiger partial charge in [0.2, 0.25) is 0 Å². The van der Waals surface area contributed by atoms with Gasteiger partial charge in [0.05, 0.1) is 0 Å². The van der Waals surface area contributed by atoms with Crippen molar-refractivity contribution in [2.24, 2.45) is 5.41 Å². The molecule has 0 bridgehead atoms. The molecule has 80 valence electrons. The molecule has 2 fully saturated rings. The first-order valence-corrected chi connectivity index (χ1v) is 6.56. The molecule has 1 aromatic rings. The van der Waals surface area contributed by atoms with Gasteiger partial charge >= 0.3 is 0 Å². The summed E-state index contributed by atoms with van der Waals surface area (Å²) >= 11 is 3.67. The van der Waals surface area contributed by atoms with E-state index >= 15 is 0 Å². The van der Waals surface area contributed by atoms with Crippen molar-refractivity contribution in [3.8, 4) is 0 Å². The summed E-state index contributed by atoms with van der Waals surface area (Å²) in [6.45, 7) is 2.43. The highest BCUT2D eigenvalue weighted by Gasteiger charge is 2.54. The van der Waals surface area contributed by atoms with E-state index in [0.717, 1.165) is 5.92 Å². The third-order valence-electron chi connectivity index (χ3n) is 3.98. The SMILES string of the molecule is Brc1ccccc1C1CC12CCCNC2. The summed E-state index contributed by atoms with van der Waals surface area (Å²) in [5.74, 6) is 0.792. The summed E-state index contributed by atoms with van der Waals surface area (Å²) in [7, 11) is 0. The fourth-order valence-corrected chi connectivity index (χ4v) is 3.57. The zero-order valence-electron chi connectivity index (χ0n) is 8.80. The quantitative estimate of drug-likeness (QED) is 0.822. The molecule has 1 aliphatic carbocycles. The molecular formula is C13H16BrN. The normalized spacial score (nSPS) is 34.3. The molecule has 2 atom stereocenters. The predicted molar refractivity (Wildman–Crippen MR) is 66.0 cm³/mol. The Morgan fingerprint density at radius 1 is 1.33 bits per heavy atom. The summed E-state index contributed by atoms with van der Waals surface area (Å²) in [6, 6.07) is 8.69. The van der Waals surface area contributed by atoms with Crippen LogP contribution in [0.5, 0.6) is 0 Å². The first-order chi connectivity index (χ1) is 7.32. The van der Waals surface area contributed by atoms with Crippen molar-refractivity contribution in [2.75, 3.05) is 13.1 Å². The van der Waals surface area contributed by atoms with Crippen molar-refractivity contribution in [3.63, 3.8) is 0 Å². The second-order valence-electron chi connectivity index (χ2n) is 4.92. The van der Waals surface area contributed by atoms with Gasteiger partial charge in [-0.2, -0.15) is 0 Å². The monoisotopic (exact) mass is 265 g/mol. The van der Waals surface area contributed by atoms with Crippen LogP contribution in [-0.2, 0) is 0 Å². The van der Waals surface area contributed by atoms with Crippen LogP contribution in [0.3, 0.4) is 0 Å². The molecule has 2 unspecified atom stereocenters. The van der Waals surface area contributed by atoms with Gasteiger partial charge in [0.25, 0.3) is 0 Å². The zero-order chi connectivity index (χ0) is 10.3. The molecule has 0 amide bonds. The third kappa shape index (κ3) is 1.64. The Morgan fingerprint density at radius 3 is 2.93 bits per heavy atom. The molecule has 1 saturated carbocycles. The largest absolute Gasteiger partial charge is 0.316 e. The van der Waals surface area contributed by atoms with Gasteiger partial charge in [-0.25, -0.2) is 0 Å². The first-order valence-electron chi connectivity index (χ1n) is 5.77. The van der Waals surface area contributed by atoms with E-state index in [9.17, 15) is 0 Å². The Balaban J connectivity index is 1.84. The van der Waals surface area contributed by atoms with Gasteiger partial charge in [0, 0.05) is 11.0 Å². The Morgan fingerprint density at radius 2 is 2.20 bits per heavy atom. The van der Waals surface area contributed by atoms with E-state index in [-0.39, 0.29) is 0 Å². The number of hydrogen-bond acceptors (Lipinski definition) is 1. The minimum Gasteiger partial charge on any atom is -0.316 e. The molecule has 3 rings (SSSR count). The van der Waals surface area contributed by atoms with Crippen molar-refractivity contribution < 1.29 is 0 Å². The Hall–Kier alpha value is -0.340. The van der Waals surface area contributed by atoms with Crippen LogP contribution in [0, 0.1) is 5.41 Å². The van der Waals surface area contributed by atoms with Crippen LogP contribution in [0.4, 0.5) is 0 Å². The van der Waals surface area contributed by atoms with Gasteiger partial charge in [-0.1, -0.05) is 34.1 Å². The van der Waals surface area contributed by atoms with Crippen LogP contribution in [0.15, 0.2) is 28.7 Å². The molecule has 1 heterocycles. The average molecular weight is 266 g/mol. The smallest absolute Gasteiger partial charge is 0.0210 e. The molecule has 0 aromatic heterocycles. The zero-order valence-corrected chi connectivity index (χ0v) is 10.4. The second-order valence-corrected chi connectivity index (χ2v) is 5.78. The Kier molecular flexibility index (Phi) is 2.37. The predicted octanol–water partition coefficient (Wildman–Crippen LogP) is 3.31. The van der Waals surface area contributed by atoms with E-state index in [1.807, 2.05) is 0 Å². The van der Waals surface area contributed by atoms with Crippen LogP contribution in [0.25, 0.3) is 0 Å². The molecule has 1 spiro atoms. The summed E-state index contributed by atoms with van der Waals surface area (Å²) in [6.07, 6.45) is 4.13. The number of benzene rings is 1. The molecule has 0 radical (unpaired) electrons.